The summed E-state index contributed by atoms with van der Waals surface area (Å²) in [6, 6.07) is 5.86. The van der Waals surface area contributed by atoms with Crippen LogP contribution >= 0.6 is 0 Å². The summed E-state index contributed by atoms with van der Waals surface area (Å²) in [6.45, 7) is 5.02. The van der Waals surface area contributed by atoms with Crippen molar-refractivity contribution in [1.29, 1.82) is 0 Å². The maximum Gasteiger partial charge on any atom is 0.357 e. The predicted octanol–water partition coefficient (Wildman–Crippen LogP) is 3.83. The first-order valence-corrected chi connectivity index (χ1v) is 8.42. The molecule has 0 aliphatic carbocycles. The van der Waals surface area contributed by atoms with Crippen LogP contribution in [0.15, 0.2) is 24.4 Å². The van der Waals surface area contributed by atoms with Crippen molar-refractivity contribution >= 4 is 27.8 Å². The third-order valence-electron chi connectivity index (χ3n) is 3.94. The van der Waals surface area contributed by atoms with Crippen molar-refractivity contribution in [2.75, 3.05) is 20.3 Å². The second-order valence-corrected chi connectivity index (χ2v) is 5.68. The molecule has 0 radical (unpaired) electrons. The summed E-state index contributed by atoms with van der Waals surface area (Å²) < 4.78 is 16.4. The van der Waals surface area contributed by atoms with Crippen LogP contribution in [0, 0.1) is 0 Å². The van der Waals surface area contributed by atoms with E-state index in [4.69, 9.17) is 14.2 Å². The number of hydrogen-bond acceptors (Lipinski definition) is 5. The number of carbonyl (C=O) groups excluding carboxylic acids is 1. The summed E-state index contributed by atoms with van der Waals surface area (Å²) in [7, 11) is 1.59. The molecule has 0 aliphatic heterocycles. The lowest BCUT2D eigenvalue weighted by atomic mass is 10.1. The number of esters is 1. The number of aromatic nitrogens is 2. The minimum Gasteiger partial charge on any atom is -0.493 e. The number of nitrogens with one attached hydrogen (secondary N) is 1. The molecule has 3 rings (SSSR count). The van der Waals surface area contributed by atoms with Gasteiger partial charge in [0.25, 0.3) is 0 Å². The van der Waals surface area contributed by atoms with Crippen LogP contribution in [0.3, 0.4) is 0 Å². The first-order chi connectivity index (χ1) is 12.2. The van der Waals surface area contributed by atoms with Crippen molar-refractivity contribution in [3.8, 4) is 5.75 Å². The van der Waals surface area contributed by atoms with Crippen LogP contribution in [0.5, 0.6) is 5.75 Å². The van der Waals surface area contributed by atoms with Crippen molar-refractivity contribution in [2.45, 2.75) is 26.9 Å². The van der Waals surface area contributed by atoms with Crippen LogP contribution in [-0.4, -0.2) is 36.3 Å². The molecule has 25 heavy (non-hydrogen) atoms. The Kier molecular flexibility index (Phi) is 5.19. The Morgan fingerprint density at radius 3 is 2.76 bits per heavy atom. The zero-order valence-corrected chi connectivity index (χ0v) is 14.7. The second kappa shape index (κ2) is 7.53. The fraction of sp³-hybridized carbons (Fsp3) is 0.368. The van der Waals surface area contributed by atoms with Crippen molar-refractivity contribution in [1.82, 2.24) is 9.97 Å². The lowest BCUT2D eigenvalue weighted by molar-refractivity contribution is 0.0514. The molecule has 0 saturated heterocycles. The zero-order valence-electron chi connectivity index (χ0n) is 14.7. The Labute approximate surface area is 146 Å². The van der Waals surface area contributed by atoms with Crippen LogP contribution in [0.25, 0.3) is 21.8 Å². The van der Waals surface area contributed by atoms with E-state index in [9.17, 15) is 4.79 Å². The SMILES string of the molecule is CCCOc1cccc2[nH]c3cnc(C(=O)OCC)c(COC)c3c12. The molecule has 0 amide bonds. The number of rotatable bonds is 7. The summed E-state index contributed by atoms with van der Waals surface area (Å²) in [6.07, 6.45) is 2.57. The minimum absolute atomic E-state index is 0.257. The molecule has 1 N–H and O–H groups in total. The van der Waals surface area contributed by atoms with Gasteiger partial charge >= 0.3 is 5.97 Å². The third kappa shape index (κ3) is 3.17. The average Bonchev–Trinajstić information content (AvgIpc) is 3.00. The van der Waals surface area contributed by atoms with Crippen molar-refractivity contribution in [3.05, 3.63) is 35.7 Å². The van der Waals surface area contributed by atoms with Gasteiger partial charge in [-0.05, 0) is 25.5 Å². The molecule has 0 spiro atoms. The van der Waals surface area contributed by atoms with Gasteiger partial charge in [-0.25, -0.2) is 9.78 Å². The van der Waals surface area contributed by atoms with Gasteiger partial charge in [0.15, 0.2) is 5.69 Å². The average molecular weight is 342 g/mol. The van der Waals surface area contributed by atoms with Crippen molar-refractivity contribution < 1.29 is 19.0 Å². The van der Waals surface area contributed by atoms with Gasteiger partial charge in [0.1, 0.15) is 5.75 Å². The highest BCUT2D eigenvalue weighted by Gasteiger charge is 2.21. The molecule has 0 fully saturated rings. The number of fused-ring (bicyclic) bond motifs is 3. The highest BCUT2D eigenvalue weighted by Crippen LogP contribution is 2.36. The van der Waals surface area contributed by atoms with E-state index in [-0.39, 0.29) is 12.3 Å². The minimum atomic E-state index is -0.447. The first-order valence-electron chi connectivity index (χ1n) is 8.42. The molecule has 2 heterocycles. The third-order valence-corrected chi connectivity index (χ3v) is 3.94. The number of aromatic amines is 1. The van der Waals surface area contributed by atoms with E-state index in [0.29, 0.717) is 18.8 Å². The second-order valence-electron chi connectivity index (χ2n) is 5.68. The zero-order chi connectivity index (χ0) is 17.8. The molecule has 0 saturated carbocycles. The van der Waals surface area contributed by atoms with Gasteiger partial charge in [-0.2, -0.15) is 0 Å². The number of H-pyrrole nitrogens is 1. The summed E-state index contributed by atoms with van der Waals surface area (Å²) in [5.74, 6) is 0.335. The Hall–Kier alpha value is -2.60. The lowest BCUT2D eigenvalue weighted by Gasteiger charge is -2.11. The quantitative estimate of drug-likeness (QED) is 0.661. The van der Waals surface area contributed by atoms with Crippen molar-refractivity contribution in [3.63, 3.8) is 0 Å². The largest absolute Gasteiger partial charge is 0.493 e. The van der Waals surface area contributed by atoms with Gasteiger partial charge in [0.05, 0.1) is 37.1 Å². The van der Waals surface area contributed by atoms with Crippen LogP contribution in [0.1, 0.15) is 36.3 Å². The van der Waals surface area contributed by atoms with Gasteiger partial charge in [-0.1, -0.05) is 13.0 Å². The predicted molar refractivity (Wildman–Crippen MR) is 96.1 cm³/mol. The van der Waals surface area contributed by atoms with E-state index < -0.39 is 5.97 Å². The molecular weight excluding hydrogens is 320 g/mol. The molecular formula is C19H22N2O4. The fourth-order valence-corrected chi connectivity index (χ4v) is 2.96. The number of benzene rings is 1. The Bertz CT molecular complexity index is 901. The van der Waals surface area contributed by atoms with E-state index in [1.54, 1.807) is 20.2 Å². The number of ether oxygens (including phenoxy) is 3. The molecule has 2 aromatic heterocycles. The molecule has 0 bridgehead atoms. The lowest BCUT2D eigenvalue weighted by Crippen LogP contribution is -2.11. The highest BCUT2D eigenvalue weighted by molar-refractivity contribution is 6.13. The fourth-order valence-electron chi connectivity index (χ4n) is 2.96. The summed E-state index contributed by atoms with van der Waals surface area (Å²) in [5.41, 5.74) is 2.76. The van der Waals surface area contributed by atoms with E-state index >= 15 is 0 Å². The molecule has 132 valence electrons. The van der Waals surface area contributed by atoms with Crippen LogP contribution in [-0.2, 0) is 16.1 Å². The van der Waals surface area contributed by atoms with Crippen molar-refractivity contribution in [2.24, 2.45) is 0 Å². The monoisotopic (exact) mass is 342 g/mol. The number of carbonyl (C=O) groups is 1. The van der Waals surface area contributed by atoms with E-state index in [0.717, 1.165) is 34.0 Å². The van der Waals surface area contributed by atoms with Crippen LogP contribution < -0.4 is 4.74 Å². The number of nitrogens with zero attached hydrogens (tertiary/aromatic N) is 1. The Morgan fingerprint density at radius 1 is 1.20 bits per heavy atom. The summed E-state index contributed by atoms with van der Waals surface area (Å²) in [4.78, 5) is 20.0. The number of pyridine rings is 1. The topological polar surface area (TPSA) is 73.4 Å². The van der Waals surface area contributed by atoms with E-state index in [1.165, 1.54) is 0 Å². The smallest absolute Gasteiger partial charge is 0.357 e. The van der Waals surface area contributed by atoms with Gasteiger partial charge in [-0.15, -0.1) is 0 Å². The van der Waals surface area contributed by atoms with Gasteiger partial charge in [-0.3, -0.25) is 0 Å². The first kappa shape index (κ1) is 17.2. The molecule has 1 aromatic carbocycles. The summed E-state index contributed by atoms with van der Waals surface area (Å²) in [5, 5.41) is 1.83. The van der Waals surface area contributed by atoms with Gasteiger partial charge < -0.3 is 19.2 Å². The molecule has 3 aromatic rings. The number of methoxy groups -OCH3 is 1. The van der Waals surface area contributed by atoms with Crippen LogP contribution in [0.4, 0.5) is 0 Å². The maximum atomic E-state index is 12.3. The summed E-state index contributed by atoms with van der Waals surface area (Å²) >= 11 is 0. The highest BCUT2D eigenvalue weighted by atomic mass is 16.5. The molecule has 6 heteroatoms. The van der Waals surface area contributed by atoms with E-state index in [2.05, 4.69) is 16.9 Å². The molecule has 0 atom stereocenters. The van der Waals surface area contributed by atoms with Gasteiger partial charge in [0, 0.05) is 23.4 Å². The van der Waals surface area contributed by atoms with E-state index in [1.807, 2.05) is 18.2 Å². The van der Waals surface area contributed by atoms with Crippen LogP contribution in [0.2, 0.25) is 0 Å². The van der Waals surface area contributed by atoms with Gasteiger partial charge in [0.2, 0.25) is 0 Å². The molecule has 6 nitrogen and oxygen atoms in total. The maximum absolute atomic E-state index is 12.3. The molecule has 0 aliphatic rings. The Balaban J connectivity index is 2.30. The molecule has 0 unspecified atom stereocenters. The normalized spacial score (nSPS) is 11.2. The number of hydrogen-bond donors (Lipinski definition) is 1. The Morgan fingerprint density at radius 2 is 2.04 bits per heavy atom. The standard InChI is InChI=1S/C19H22N2O4/c1-4-9-25-15-8-6-7-13-17(15)16-12(11-23-3)18(19(22)24-5-2)20-10-14(16)21-13/h6-8,10,21H,4-5,9,11H2,1-3H3.